The summed E-state index contributed by atoms with van der Waals surface area (Å²) < 4.78 is 0. The van der Waals surface area contributed by atoms with Crippen molar-refractivity contribution in [2.45, 2.75) is 19.4 Å². The third-order valence-corrected chi connectivity index (χ3v) is 1.41. The highest BCUT2D eigenvalue weighted by molar-refractivity contribution is 5.03. The molecule has 3 nitrogen and oxygen atoms in total. The van der Waals surface area contributed by atoms with Crippen LogP contribution in [0.5, 0.6) is 0 Å². The van der Waals surface area contributed by atoms with Crippen LogP contribution in [0, 0.1) is 0 Å². The van der Waals surface area contributed by atoms with E-state index >= 15 is 0 Å². The Kier molecular flexibility index (Phi) is 2.34. The zero-order valence-electron chi connectivity index (χ0n) is 5.99. The summed E-state index contributed by atoms with van der Waals surface area (Å²) in [7, 11) is 0. The van der Waals surface area contributed by atoms with Crippen molar-refractivity contribution in [2.75, 3.05) is 0 Å². The van der Waals surface area contributed by atoms with Gasteiger partial charge in [-0.3, -0.25) is 0 Å². The maximum absolute atomic E-state index is 5.69. The Balaban J connectivity index is 2.75. The van der Waals surface area contributed by atoms with Gasteiger partial charge in [-0.25, -0.2) is 0 Å². The second-order valence-corrected chi connectivity index (χ2v) is 2.16. The molecule has 3 heteroatoms. The molecule has 0 aliphatic carbocycles. The van der Waals surface area contributed by atoms with Crippen LogP contribution < -0.4 is 5.73 Å². The Morgan fingerprint density at radius 3 is 3.00 bits per heavy atom. The van der Waals surface area contributed by atoms with Crippen molar-refractivity contribution in [1.29, 1.82) is 0 Å². The normalized spacial score (nSPS) is 13.0. The minimum absolute atomic E-state index is 0.0358. The largest absolute Gasteiger partial charge is 0.323 e. The minimum atomic E-state index is 0.0358. The monoisotopic (exact) mass is 137 g/mol. The molecule has 0 fully saturated rings. The highest BCUT2D eigenvalue weighted by Gasteiger charge is 2.02. The first kappa shape index (κ1) is 7.15. The summed E-state index contributed by atoms with van der Waals surface area (Å²) in [4.78, 5) is 0. The van der Waals surface area contributed by atoms with E-state index in [0.29, 0.717) is 0 Å². The first-order valence-corrected chi connectivity index (χ1v) is 3.37. The highest BCUT2D eigenvalue weighted by Crippen LogP contribution is 2.07. The SMILES string of the molecule is CCC(N)c1cccnn1. The zero-order chi connectivity index (χ0) is 7.40. The van der Waals surface area contributed by atoms with Crippen LogP contribution in [0.25, 0.3) is 0 Å². The molecule has 0 spiro atoms. The lowest BCUT2D eigenvalue weighted by Gasteiger charge is -2.04. The molecule has 1 heterocycles. The molecule has 0 saturated heterocycles. The van der Waals surface area contributed by atoms with E-state index in [1.54, 1.807) is 6.20 Å². The third-order valence-electron chi connectivity index (χ3n) is 1.41. The van der Waals surface area contributed by atoms with E-state index in [9.17, 15) is 0 Å². The number of rotatable bonds is 2. The van der Waals surface area contributed by atoms with Crippen molar-refractivity contribution in [3.8, 4) is 0 Å². The lowest BCUT2D eigenvalue weighted by molar-refractivity contribution is 0.661. The van der Waals surface area contributed by atoms with Crippen LogP contribution in [0.2, 0.25) is 0 Å². The number of hydrogen-bond donors (Lipinski definition) is 1. The van der Waals surface area contributed by atoms with Gasteiger partial charge in [-0.05, 0) is 18.6 Å². The zero-order valence-corrected chi connectivity index (χ0v) is 5.99. The first-order valence-electron chi connectivity index (χ1n) is 3.37. The molecule has 0 amide bonds. The fraction of sp³-hybridized carbons (Fsp3) is 0.429. The van der Waals surface area contributed by atoms with E-state index in [1.165, 1.54) is 0 Å². The van der Waals surface area contributed by atoms with E-state index in [0.717, 1.165) is 12.1 Å². The number of aromatic nitrogens is 2. The van der Waals surface area contributed by atoms with Gasteiger partial charge in [-0.1, -0.05) is 6.92 Å². The summed E-state index contributed by atoms with van der Waals surface area (Å²) in [5.74, 6) is 0. The Bertz CT molecular complexity index is 185. The molecule has 1 atom stereocenters. The van der Waals surface area contributed by atoms with Crippen molar-refractivity contribution < 1.29 is 0 Å². The van der Waals surface area contributed by atoms with Crippen molar-refractivity contribution in [3.05, 3.63) is 24.0 Å². The molecule has 0 aliphatic heterocycles. The quantitative estimate of drug-likeness (QED) is 0.658. The molecule has 0 saturated carbocycles. The second kappa shape index (κ2) is 3.27. The summed E-state index contributed by atoms with van der Waals surface area (Å²) >= 11 is 0. The van der Waals surface area contributed by atoms with E-state index in [4.69, 9.17) is 5.73 Å². The molecule has 1 rings (SSSR count). The number of hydrogen-bond acceptors (Lipinski definition) is 3. The van der Waals surface area contributed by atoms with E-state index in [-0.39, 0.29) is 6.04 Å². The van der Waals surface area contributed by atoms with Crippen molar-refractivity contribution in [1.82, 2.24) is 10.2 Å². The highest BCUT2D eigenvalue weighted by atomic mass is 15.1. The minimum Gasteiger partial charge on any atom is -0.323 e. The molecule has 0 aromatic carbocycles. The van der Waals surface area contributed by atoms with Crippen molar-refractivity contribution >= 4 is 0 Å². The van der Waals surface area contributed by atoms with Crippen molar-refractivity contribution in [2.24, 2.45) is 5.73 Å². The molecule has 1 aromatic heterocycles. The summed E-state index contributed by atoms with van der Waals surface area (Å²) in [5.41, 5.74) is 6.56. The van der Waals surface area contributed by atoms with Crippen LogP contribution in [-0.2, 0) is 0 Å². The Labute approximate surface area is 60.3 Å². The fourth-order valence-corrected chi connectivity index (χ4v) is 0.720. The Morgan fingerprint density at radius 1 is 1.70 bits per heavy atom. The molecule has 0 bridgehead atoms. The molecule has 1 aromatic rings. The van der Waals surface area contributed by atoms with E-state index in [1.807, 2.05) is 19.1 Å². The Hall–Kier alpha value is -0.960. The molecule has 2 N–H and O–H groups in total. The van der Waals surface area contributed by atoms with Gasteiger partial charge >= 0.3 is 0 Å². The molecule has 10 heavy (non-hydrogen) atoms. The van der Waals surface area contributed by atoms with Crippen molar-refractivity contribution in [3.63, 3.8) is 0 Å². The first-order chi connectivity index (χ1) is 4.84. The second-order valence-electron chi connectivity index (χ2n) is 2.16. The van der Waals surface area contributed by atoms with Gasteiger partial charge < -0.3 is 5.73 Å². The average Bonchev–Trinajstić information content (AvgIpc) is 2.05. The van der Waals surface area contributed by atoms with Gasteiger partial charge in [0.15, 0.2) is 0 Å². The van der Waals surface area contributed by atoms with Gasteiger partial charge in [0.25, 0.3) is 0 Å². The van der Waals surface area contributed by atoms with Crippen LogP contribution >= 0.6 is 0 Å². The smallest absolute Gasteiger partial charge is 0.0798 e. The van der Waals surface area contributed by atoms with Gasteiger partial charge in [0.05, 0.1) is 5.69 Å². The molecular weight excluding hydrogens is 126 g/mol. The number of nitrogens with two attached hydrogens (primary N) is 1. The Morgan fingerprint density at radius 2 is 2.50 bits per heavy atom. The lowest BCUT2D eigenvalue weighted by Crippen LogP contribution is -2.10. The van der Waals surface area contributed by atoms with E-state index in [2.05, 4.69) is 10.2 Å². The van der Waals surface area contributed by atoms with Crippen LogP contribution in [0.15, 0.2) is 18.3 Å². The predicted molar refractivity (Wildman–Crippen MR) is 39.3 cm³/mol. The molecular formula is C7H11N3. The topological polar surface area (TPSA) is 51.8 Å². The van der Waals surface area contributed by atoms with Gasteiger partial charge in [0.1, 0.15) is 0 Å². The van der Waals surface area contributed by atoms with Crippen LogP contribution in [0.3, 0.4) is 0 Å². The molecule has 0 radical (unpaired) electrons. The van der Waals surface area contributed by atoms with Gasteiger partial charge in [0, 0.05) is 12.2 Å². The molecule has 1 unspecified atom stereocenters. The van der Waals surface area contributed by atoms with Gasteiger partial charge in [0.2, 0.25) is 0 Å². The van der Waals surface area contributed by atoms with Gasteiger partial charge in [-0.2, -0.15) is 10.2 Å². The van der Waals surface area contributed by atoms with E-state index < -0.39 is 0 Å². The number of nitrogens with zero attached hydrogens (tertiary/aromatic N) is 2. The summed E-state index contributed by atoms with van der Waals surface area (Å²) in [6, 6.07) is 3.77. The maximum Gasteiger partial charge on any atom is 0.0798 e. The summed E-state index contributed by atoms with van der Waals surface area (Å²) in [5, 5.41) is 7.60. The van der Waals surface area contributed by atoms with Crippen LogP contribution in [0.4, 0.5) is 0 Å². The summed E-state index contributed by atoms with van der Waals surface area (Å²) in [6.45, 7) is 2.03. The molecule has 0 aliphatic rings. The average molecular weight is 137 g/mol. The summed E-state index contributed by atoms with van der Waals surface area (Å²) in [6.07, 6.45) is 2.55. The predicted octanol–water partition coefficient (Wildman–Crippen LogP) is 0.886. The molecule has 54 valence electrons. The third kappa shape index (κ3) is 1.51. The maximum atomic E-state index is 5.69. The fourth-order valence-electron chi connectivity index (χ4n) is 0.720. The lowest BCUT2D eigenvalue weighted by atomic mass is 10.2. The standard InChI is InChI=1S/C7H11N3/c1-2-6(8)7-4-3-5-9-10-7/h3-6H,2,8H2,1H3. The van der Waals surface area contributed by atoms with Crippen LogP contribution in [-0.4, -0.2) is 10.2 Å². The van der Waals surface area contributed by atoms with Gasteiger partial charge in [-0.15, -0.1) is 0 Å². The van der Waals surface area contributed by atoms with Crippen LogP contribution in [0.1, 0.15) is 25.1 Å².